The standard InChI is InChI=1S/C58H37NOS/c1-3-13-39(14-4-1)46-35-30-43(37-51(46)40-15-5-2-6-16-40)38-25-31-44(32-26-38)59(52-21-12-22-53-57(52)50-36-29-41-17-7-8-18-48(41)58(50)60-53)45-33-27-42(28-34-45)47-20-11-24-55-56(47)49-19-9-10-23-54(49)61-55/h1-37H. The summed E-state index contributed by atoms with van der Waals surface area (Å²) in [7, 11) is 0. The number of nitrogens with zero attached hydrogens (tertiary/aromatic N) is 1. The highest BCUT2D eigenvalue weighted by Crippen LogP contribution is 2.46. The van der Waals surface area contributed by atoms with E-state index in [1.165, 1.54) is 64.5 Å². The van der Waals surface area contributed by atoms with Crippen molar-refractivity contribution in [3.8, 4) is 44.5 Å². The van der Waals surface area contributed by atoms with Gasteiger partial charge in [-0.05, 0) is 111 Å². The largest absolute Gasteiger partial charge is 0.455 e. The minimum absolute atomic E-state index is 0.866. The first-order valence-electron chi connectivity index (χ1n) is 20.7. The monoisotopic (exact) mass is 795 g/mol. The quantitative estimate of drug-likeness (QED) is 0.160. The first-order valence-corrected chi connectivity index (χ1v) is 21.6. The number of furan rings is 1. The van der Waals surface area contributed by atoms with Gasteiger partial charge in [0.25, 0.3) is 0 Å². The lowest BCUT2D eigenvalue weighted by Gasteiger charge is -2.27. The van der Waals surface area contributed by atoms with E-state index in [2.05, 4.69) is 229 Å². The van der Waals surface area contributed by atoms with Crippen LogP contribution < -0.4 is 4.90 Å². The maximum atomic E-state index is 6.71. The summed E-state index contributed by atoms with van der Waals surface area (Å²) in [5.41, 5.74) is 14.6. The highest BCUT2D eigenvalue weighted by molar-refractivity contribution is 7.25. The molecule has 0 aliphatic heterocycles. The van der Waals surface area contributed by atoms with Crippen LogP contribution in [0.5, 0.6) is 0 Å². The zero-order valence-electron chi connectivity index (χ0n) is 33.1. The molecule has 0 saturated carbocycles. The number of benzene rings is 10. The second-order valence-electron chi connectivity index (χ2n) is 15.6. The molecule has 286 valence electrons. The fourth-order valence-electron chi connectivity index (χ4n) is 9.21. The first kappa shape index (κ1) is 35.2. The van der Waals surface area contributed by atoms with E-state index in [0.29, 0.717) is 0 Å². The van der Waals surface area contributed by atoms with Crippen LogP contribution in [0.15, 0.2) is 229 Å². The van der Waals surface area contributed by atoms with E-state index in [9.17, 15) is 0 Å². The molecule has 0 bridgehead atoms. The van der Waals surface area contributed by atoms with Gasteiger partial charge in [-0.3, -0.25) is 0 Å². The van der Waals surface area contributed by atoms with E-state index >= 15 is 0 Å². The highest BCUT2D eigenvalue weighted by Gasteiger charge is 2.21. The van der Waals surface area contributed by atoms with Crippen LogP contribution in [-0.2, 0) is 0 Å². The van der Waals surface area contributed by atoms with Gasteiger partial charge in [-0.2, -0.15) is 0 Å². The Morgan fingerprint density at radius 3 is 1.72 bits per heavy atom. The molecule has 10 aromatic carbocycles. The zero-order chi connectivity index (χ0) is 40.3. The van der Waals surface area contributed by atoms with Gasteiger partial charge in [0.05, 0.1) is 11.1 Å². The molecule has 0 aliphatic rings. The normalized spacial score (nSPS) is 11.6. The van der Waals surface area contributed by atoms with E-state index in [4.69, 9.17) is 4.42 Å². The molecule has 0 N–H and O–H groups in total. The topological polar surface area (TPSA) is 16.4 Å². The van der Waals surface area contributed by atoms with Gasteiger partial charge in [0.2, 0.25) is 0 Å². The second kappa shape index (κ2) is 14.5. The Bertz CT molecular complexity index is 3570. The Morgan fingerprint density at radius 1 is 0.344 bits per heavy atom. The third-order valence-electron chi connectivity index (χ3n) is 12.1. The van der Waals surface area contributed by atoms with Crippen LogP contribution in [0.1, 0.15) is 0 Å². The molecule has 61 heavy (non-hydrogen) atoms. The number of thiophene rings is 1. The maximum Gasteiger partial charge on any atom is 0.143 e. The Morgan fingerprint density at radius 2 is 0.951 bits per heavy atom. The van der Waals surface area contributed by atoms with Crippen molar-refractivity contribution in [2.45, 2.75) is 0 Å². The lowest BCUT2D eigenvalue weighted by molar-refractivity contribution is 0.672. The predicted octanol–water partition coefficient (Wildman–Crippen LogP) is 17.2. The van der Waals surface area contributed by atoms with Crippen LogP contribution in [0.4, 0.5) is 17.1 Å². The molecule has 2 nitrogen and oxygen atoms in total. The Labute approximate surface area is 357 Å². The summed E-state index contributed by atoms with van der Waals surface area (Å²) in [5, 5.41) is 7.10. The molecule has 2 heterocycles. The van der Waals surface area contributed by atoms with Crippen molar-refractivity contribution in [2.75, 3.05) is 4.90 Å². The first-order chi connectivity index (χ1) is 30.2. The summed E-state index contributed by atoms with van der Waals surface area (Å²) in [6.07, 6.45) is 0. The zero-order valence-corrected chi connectivity index (χ0v) is 33.9. The smallest absolute Gasteiger partial charge is 0.143 e. The van der Waals surface area contributed by atoms with Gasteiger partial charge in [-0.15, -0.1) is 11.3 Å². The predicted molar refractivity (Wildman–Crippen MR) is 261 cm³/mol. The van der Waals surface area contributed by atoms with Crippen molar-refractivity contribution in [1.82, 2.24) is 0 Å². The summed E-state index contributed by atoms with van der Waals surface area (Å²) in [5.74, 6) is 0. The maximum absolute atomic E-state index is 6.71. The van der Waals surface area contributed by atoms with Crippen molar-refractivity contribution >= 4 is 81.3 Å². The van der Waals surface area contributed by atoms with Gasteiger partial charge in [0, 0.05) is 42.3 Å². The molecule has 0 saturated heterocycles. The third kappa shape index (κ3) is 6.01. The van der Waals surface area contributed by atoms with Crippen LogP contribution >= 0.6 is 11.3 Å². The number of hydrogen-bond acceptors (Lipinski definition) is 3. The van der Waals surface area contributed by atoms with Crippen molar-refractivity contribution in [2.24, 2.45) is 0 Å². The van der Waals surface area contributed by atoms with Crippen molar-refractivity contribution < 1.29 is 4.42 Å². The molecule has 0 spiro atoms. The van der Waals surface area contributed by atoms with Crippen LogP contribution in [-0.4, -0.2) is 0 Å². The Balaban J connectivity index is 1.01. The van der Waals surface area contributed by atoms with Crippen molar-refractivity contribution in [3.05, 3.63) is 224 Å². The number of fused-ring (bicyclic) bond motifs is 8. The molecule has 0 radical (unpaired) electrons. The van der Waals surface area contributed by atoms with Gasteiger partial charge in [-0.25, -0.2) is 0 Å². The summed E-state index contributed by atoms with van der Waals surface area (Å²) in [6.45, 7) is 0. The Hall–Kier alpha value is -7.72. The van der Waals surface area contributed by atoms with Gasteiger partial charge in [-0.1, -0.05) is 164 Å². The average Bonchev–Trinajstić information content (AvgIpc) is 3.92. The fourth-order valence-corrected chi connectivity index (χ4v) is 10.3. The van der Waals surface area contributed by atoms with Crippen LogP contribution in [0, 0.1) is 0 Å². The van der Waals surface area contributed by atoms with Crippen LogP contribution in [0.3, 0.4) is 0 Å². The second-order valence-corrected chi connectivity index (χ2v) is 16.7. The number of anilines is 3. The molecule has 3 heteroatoms. The van der Waals surface area contributed by atoms with Crippen LogP contribution in [0.2, 0.25) is 0 Å². The number of hydrogen-bond donors (Lipinski definition) is 0. The minimum Gasteiger partial charge on any atom is -0.455 e. The van der Waals surface area contributed by atoms with Gasteiger partial charge in [0.15, 0.2) is 0 Å². The molecule has 0 fully saturated rings. The fraction of sp³-hybridized carbons (Fsp3) is 0. The molecule has 0 aliphatic carbocycles. The van der Waals surface area contributed by atoms with Crippen molar-refractivity contribution in [1.29, 1.82) is 0 Å². The molecule has 0 amide bonds. The minimum atomic E-state index is 0.866. The van der Waals surface area contributed by atoms with Gasteiger partial charge >= 0.3 is 0 Å². The van der Waals surface area contributed by atoms with Gasteiger partial charge < -0.3 is 9.32 Å². The van der Waals surface area contributed by atoms with E-state index in [0.717, 1.165) is 50.0 Å². The SMILES string of the molecule is c1ccc(-c2ccc(-c3ccc(N(c4ccc(-c5cccc6sc7ccccc7c56)cc4)c4cccc5oc6c7ccccc7ccc6c45)cc3)cc2-c2ccccc2)cc1. The summed E-state index contributed by atoms with van der Waals surface area (Å²) in [6, 6.07) is 81.1. The summed E-state index contributed by atoms with van der Waals surface area (Å²) < 4.78 is 9.33. The molecular weight excluding hydrogens is 759 g/mol. The summed E-state index contributed by atoms with van der Waals surface area (Å²) in [4.78, 5) is 2.38. The molecular formula is C58H37NOS. The van der Waals surface area contributed by atoms with E-state index in [-0.39, 0.29) is 0 Å². The molecule has 0 atom stereocenters. The Kier molecular flexibility index (Phi) is 8.39. The average molecular weight is 796 g/mol. The van der Waals surface area contributed by atoms with Gasteiger partial charge in [0.1, 0.15) is 11.2 Å². The van der Waals surface area contributed by atoms with E-state index < -0.39 is 0 Å². The lowest BCUT2D eigenvalue weighted by atomic mass is 9.91. The molecule has 2 aromatic heterocycles. The van der Waals surface area contributed by atoms with E-state index in [1.54, 1.807) is 0 Å². The summed E-state index contributed by atoms with van der Waals surface area (Å²) >= 11 is 1.86. The van der Waals surface area contributed by atoms with Crippen LogP contribution in [0.25, 0.3) is 97.4 Å². The lowest BCUT2D eigenvalue weighted by Crippen LogP contribution is -2.10. The van der Waals surface area contributed by atoms with Crippen molar-refractivity contribution in [3.63, 3.8) is 0 Å². The van der Waals surface area contributed by atoms with E-state index in [1.807, 2.05) is 11.3 Å². The number of rotatable bonds is 7. The highest BCUT2D eigenvalue weighted by atomic mass is 32.1. The molecule has 12 rings (SSSR count). The third-order valence-corrected chi connectivity index (χ3v) is 13.2. The molecule has 0 unspecified atom stereocenters. The molecule has 12 aromatic rings.